The van der Waals surface area contributed by atoms with Crippen molar-refractivity contribution in [1.29, 1.82) is 0 Å². The predicted molar refractivity (Wildman–Crippen MR) is 102 cm³/mol. The molecule has 1 aromatic rings. The Morgan fingerprint density at radius 2 is 1.74 bits per heavy atom. The lowest BCUT2D eigenvalue weighted by Gasteiger charge is -2.45. The molecular weight excluding hydrogens is 296 g/mol. The van der Waals surface area contributed by atoms with Crippen molar-refractivity contribution in [2.24, 2.45) is 0 Å². The highest BCUT2D eigenvalue weighted by molar-refractivity contribution is 6.74. The summed E-state index contributed by atoms with van der Waals surface area (Å²) in [6, 6.07) is 8.47. The van der Waals surface area contributed by atoms with E-state index in [2.05, 4.69) is 76.9 Å². The van der Waals surface area contributed by atoms with Gasteiger partial charge in [0.05, 0.1) is 0 Å². The third-order valence-electron chi connectivity index (χ3n) is 5.37. The van der Waals surface area contributed by atoms with Gasteiger partial charge in [0.1, 0.15) is 5.60 Å². The van der Waals surface area contributed by atoms with Gasteiger partial charge < -0.3 is 4.43 Å². The fraction of sp³-hybridized carbons (Fsp3) is 0.619. The molecule has 0 aromatic heterocycles. The van der Waals surface area contributed by atoms with Gasteiger partial charge in [0, 0.05) is 5.56 Å². The SMILES string of the molecule is Cc1cccc(C#CC2(O[Si](C)(C)C(C)(C)C)CCCCC2)c1. The Morgan fingerprint density at radius 1 is 1.09 bits per heavy atom. The second kappa shape index (κ2) is 6.83. The Labute approximate surface area is 144 Å². The van der Waals surface area contributed by atoms with Gasteiger partial charge in [0.15, 0.2) is 8.32 Å². The molecule has 126 valence electrons. The van der Waals surface area contributed by atoms with E-state index >= 15 is 0 Å². The van der Waals surface area contributed by atoms with Crippen LogP contribution in [0.15, 0.2) is 24.3 Å². The number of aryl methyl sites for hydroxylation is 1. The topological polar surface area (TPSA) is 9.23 Å². The molecule has 0 saturated heterocycles. The summed E-state index contributed by atoms with van der Waals surface area (Å²) in [5.41, 5.74) is 2.14. The maximum absolute atomic E-state index is 6.85. The molecular formula is C21H32OSi. The Bertz CT molecular complexity index is 592. The Balaban J connectivity index is 2.30. The molecule has 1 aliphatic carbocycles. The first-order valence-corrected chi connectivity index (χ1v) is 11.8. The van der Waals surface area contributed by atoms with E-state index in [4.69, 9.17) is 4.43 Å². The highest BCUT2D eigenvalue weighted by Gasteiger charge is 2.44. The molecule has 1 aromatic carbocycles. The van der Waals surface area contributed by atoms with Gasteiger partial charge >= 0.3 is 0 Å². The molecule has 0 aliphatic heterocycles. The zero-order chi connectivity index (χ0) is 17.1. The average molecular weight is 329 g/mol. The van der Waals surface area contributed by atoms with E-state index in [1.54, 1.807) is 0 Å². The molecule has 0 heterocycles. The van der Waals surface area contributed by atoms with Crippen molar-refractivity contribution in [2.75, 3.05) is 0 Å². The molecule has 0 amide bonds. The van der Waals surface area contributed by atoms with Crippen molar-refractivity contribution in [3.8, 4) is 11.8 Å². The third-order valence-corrected chi connectivity index (χ3v) is 9.88. The van der Waals surface area contributed by atoms with Gasteiger partial charge in [-0.2, -0.15) is 0 Å². The first-order valence-electron chi connectivity index (χ1n) is 8.94. The normalized spacial score (nSPS) is 18.2. The average Bonchev–Trinajstić information content (AvgIpc) is 2.45. The standard InChI is InChI=1S/C21H32OSi/c1-18-11-10-12-19(17-18)13-16-21(14-8-7-9-15-21)22-23(5,6)20(2,3)4/h10-12,17H,7-9,14-15H2,1-6H3. The number of hydrogen-bond acceptors (Lipinski definition) is 1. The van der Waals surface area contributed by atoms with Crippen molar-refractivity contribution in [3.63, 3.8) is 0 Å². The summed E-state index contributed by atoms with van der Waals surface area (Å²) in [6.07, 6.45) is 5.94. The zero-order valence-electron chi connectivity index (χ0n) is 15.8. The maximum atomic E-state index is 6.85. The summed E-state index contributed by atoms with van der Waals surface area (Å²) in [5.74, 6) is 6.99. The Hall–Kier alpha value is -1.04. The number of hydrogen-bond donors (Lipinski definition) is 0. The van der Waals surface area contributed by atoms with E-state index in [1.165, 1.54) is 24.8 Å². The van der Waals surface area contributed by atoms with E-state index in [0.29, 0.717) is 0 Å². The lowest BCUT2D eigenvalue weighted by molar-refractivity contribution is 0.0718. The van der Waals surface area contributed by atoms with Crippen LogP contribution in [-0.4, -0.2) is 13.9 Å². The highest BCUT2D eigenvalue weighted by atomic mass is 28.4. The molecule has 2 rings (SSSR count). The molecule has 0 spiro atoms. The van der Waals surface area contributed by atoms with E-state index in [9.17, 15) is 0 Å². The van der Waals surface area contributed by atoms with Crippen LogP contribution in [0.2, 0.25) is 18.1 Å². The van der Waals surface area contributed by atoms with Crippen molar-refractivity contribution < 1.29 is 4.43 Å². The molecule has 1 saturated carbocycles. The monoisotopic (exact) mass is 328 g/mol. The van der Waals surface area contributed by atoms with Crippen LogP contribution >= 0.6 is 0 Å². The van der Waals surface area contributed by atoms with Crippen LogP contribution < -0.4 is 0 Å². The van der Waals surface area contributed by atoms with Crippen LogP contribution in [0, 0.1) is 18.8 Å². The van der Waals surface area contributed by atoms with Crippen molar-refractivity contribution >= 4 is 8.32 Å². The summed E-state index contributed by atoms with van der Waals surface area (Å²) in [7, 11) is -1.82. The first kappa shape index (κ1) is 18.3. The van der Waals surface area contributed by atoms with Crippen LogP contribution in [0.1, 0.15) is 64.0 Å². The predicted octanol–water partition coefficient (Wildman–Crippen LogP) is 6.07. The molecule has 0 N–H and O–H groups in total. The third kappa shape index (κ3) is 4.72. The summed E-state index contributed by atoms with van der Waals surface area (Å²) >= 11 is 0. The molecule has 1 nitrogen and oxygen atoms in total. The lowest BCUT2D eigenvalue weighted by Crippen LogP contribution is -2.50. The van der Waals surface area contributed by atoms with Crippen LogP contribution in [0.3, 0.4) is 0 Å². The number of benzene rings is 1. The molecule has 0 atom stereocenters. The molecule has 1 fully saturated rings. The zero-order valence-corrected chi connectivity index (χ0v) is 16.8. The van der Waals surface area contributed by atoms with E-state index in [1.807, 2.05) is 0 Å². The Morgan fingerprint density at radius 3 is 2.30 bits per heavy atom. The second-order valence-corrected chi connectivity index (χ2v) is 13.3. The Kier molecular flexibility index (Phi) is 5.43. The van der Waals surface area contributed by atoms with E-state index < -0.39 is 8.32 Å². The van der Waals surface area contributed by atoms with Crippen LogP contribution in [0.4, 0.5) is 0 Å². The van der Waals surface area contributed by atoms with E-state index in [0.717, 1.165) is 18.4 Å². The van der Waals surface area contributed by atoms with Gasteiger partial charge in [0.2, 0.25) is 0 Å². The summed E-state index contributed by atoms with van der Waals surface area (Å²) in [6.45, 7) is 13.7. The summed E-state index contributed by atoms with van der Waals surface area (Å²) < 4.78 is 6.85. The fourth-order valence-electron chi connectivity index (χ4n) is 2.93. The molecule has 0 bridgehead atoms. The molecule has 2 heteroatoms. The fourth-order valence-corrected chi connectivity index (χ4v) is 4.46. The number of rotatable bonds is 2. The summed E-state index contributed by atoms with van der Waals surface area (Å²) in [5, 5.41) is 0.225. The quantitative estimate of drug-likeness (QED) is 0.473. The van der Waals surface area contributed by atoms with Crippen LogP contribution in [0.5, 0.6) is 0 Å². The summed E-state index contributed by atoms with van der Waals surface area (Å²) in [4.78, 5) is 0. The van der Waals surface area contributed by atoms with Gasteiger partial charge in [-0.15, -0.1) is 0 Å². The van der Waals surface area contributed by atoms with Crippen molar-refractivity contribution in [1.82, 2.24) is 0 Å². The largest absolute Gasteiger partial charge is 0.401 e. The maximum Gasteiger partial charge on any atom is 0.194 e. The minimum atomic E-state index is -1.82. The van der Waals surface area contributed by atoms with Gasteiger partial charge in [-0.3, -0.25) is 0 Å². The molecule has 0 unspecified atom stereocenters. The van der Waals surface area contributed by atoms with Gasteiger partial charge in [0.25, 0.3) is 0 Å². The van der Waals surface area contributed by atoms with Crippen LogP contribution in [0.25, 0.3) is 0 Å². The van der Waals surface area contributed by atoms with Gasteiger partial charge in [-0.05, 0) is 68.4 Å². The van der Waals surface area contributed by atoms with E-state index in [-0.39, 0.29) is 10.6 Å². The van der Waals surface area contributed by atoms with Crippen molar-refractivity contribution in [2.45, 2.75) is 83.5 Å². The lowest BCUT2D eigenvalue weighted by atomic mass is 9.85. The smallest absolute Gasteiger partial charge is 0.194 e. The molecule has 0 radical (unpaired) electrons. The van der Waals surface area contributed by atoms with Gasteiger partial charge in [-0.1, -0.05) is 51.2 Å². The minimum absolute atomic E-state index is 0.225. The second-order valence-electron chi connectivity index (χ2n) is 8.54. The van der Waals surface area contributed by atoms with Crippen molar-refractivity contribution in [3.05, 3.63) is 35.4 Å². The van der Waals surface area contributed by atoms with Gasteiger partial charge in [-0.25, -0.2) is 0 Å². The van der Waals surface area contributed by atoms with Crippen LogP contribution in [-0.2, 0) is 4.43 Å². The molecule has 23 heavy (non-hydrogen) atoms. The minimum Gasteiger partial charge on any atom is -0.401 e. The first-order chi connectivity index (χ1) is 10.6. The highest BCUT2D eigenvalue weighted by Crippen LogP contribution is 2.42. The molecule has 1 aliphatic rings.